The van der Waals surface area contributed by atoms with Gasteiger partial charge in [-0.2, -0.15) is 0 Å². The molecule has 1 heterocycles. The van der Waals surface area contributed by atoms with E-state index in [2.05, 4.69) is 17.2 Å². The zero-order valence-electron chi connectivity index (χ0n) is 10.1. The molecule has 1 rings (SSSR count). The van der Waals surface area contributed by atoms with Crippen molar-refractivity contribution in [2.24, 2.45) is 5.73 Å². The lowest BCUT2D eigenvalue weighted by molar-refractivity contribution is 0.0994. The van der Waals surface area contributed by atoms with Crippen molar-refractivity contribution in [3.63, 3.8) is 0 Å². The Morgan fingerprint density at radius 1 is 1.47 bits per heavy atom. The second kappa shape index (κ2) is 7.62. The summed E-state index contributed by atoms with van der Waals surface area (Å²) in [4.78, 5) is 14.9. The lowest BCUT2D eigenvalue weighted by Gasteiger charge is -2.06. The molecule has 5 heteroatoms. The second-order valence-corrected chi connectivity index (χ2v) is 3.68. The molecule has 0 aliphatic rings. The van der Waals surface area contributed by atoms with Gasteiger partial charge in [0, 0.05) is 6.07 Å². The fraction of sp³-hybridized carbons (Fsp3) is 0.500. The molecule has 0 aromatic carbocycles. The molecule has 0 unspecified atom stereocenters. The van der Waals surface area contributed by atoms with Crippen LogP contribution in [0, 0.1) is 0 Å². The van der Waals surface area contributed by atoms with Crippen molar-refractivity contribution in [2.45, 2.75) is 19.8 Å². The molecule has 0 aliphatic heterocycles. The average Bonchev–Trinajstić information content (AvgIpc) is 2.34. The van der Waals surface area contributed by atoms with E-state index in [1.165, 1.54) is 0 Å². The summed E-state index contributed by atoms with van der Waals surface area (Å²) < 4.78 is 5.42. The van der Waals surface area contributed by atoms with Gasteiger partial charge in [0.15, 0.2) is 0 Å². The standard InChI is InChI=1S/C12H19N3O2/c1-2-7-14-8-4-9-17-11-6-3-5-10(15-11)12(13)16/h3,5-6,14H,2,4,7-9H2,1H3,(H2,13,16). The lowest BCUT2D eigenvalue weighted by Crippen LogP contribution is -2.18. The Bertz CT molecular complexity index is 355. The van der Waals surface area contributed by atoms with Crippen molar-refractivity contribution in [1.29, 1.82) is 0 Å². The van der Waals surface area contributed by atoms with E-state index in [9.17, 15) is 4.79 Å². The van der Waals surface area contributed by atoms with Crippen LogP contribution in [0.4, 0.5) is 0 Å². The first kappa shape index (κ1) is 13.4. The van der Waals surface area contributed by atoms with Crippen LogP contribution in [0.3, 0.4) is 0 Å². The number of ether oxygens (including phenoxy) is 1. The van der Waals surface area contributed by atoms with Crippen molar-refractivity contribution in [3.8, 4) is 5.88 Å². The van der Waals surface area contributed by atoms with Gasteiger partial charge < -0.3 is 15.8 Å². The molecule has 0 fully saturated rings. The number of carbonyl (C=O) groups is 1. The molecule has 3 N–H and O–H groups in total. The highest BCUT2D eigenvalue weighted by Gasteiger charge is 2.03. The summed E-state index contributed by atoms with van der Waals surface area (Å²) in [5, 5.41) is 3.28. The minimum Gasteiger partial charge on any atom is -0.478 e. The molecule has 0 atom stereocenters. The zero-order valence-corrected chi connectivity index (χ0v) is 10.1. The number of primary amides is 1. The van der Waals surface area contributed by atoms with E-state index >= 15 is 0 Å². The molecule has 0 spiro atoms. The van der Waals surface area contributed by atoms with Crippen molar-refractivity contribution in [2.75, 3.05) is 19.7 Å². The quantitative estimate of drug-likeness (QED) is 0.660. The van der Waals surface area contributed by atoms with Crippen LogP contribution in [0.5, 0.6) is 5.88 Å². The van der Waals surface area contributed by atoms with Crippen LogP contribution in [-0.2, 0) is 0 Å². The molecule has 0 radical (unpaired) electrons. The Labute approximate surface area is 101 Å². The Kier molecular flexibility index (Phi) is 6.03. The second-order valence-electron chi connectivity index (χ2n) is 3.68. The monoisotopic (exact) mass is 237 g/mol. The molecule has 1 aromatic rings. The summed E-state index contributed by atoms with van der Waals surface area (Å²) in [5.41, 5.74) is 5.35. The van der Waals surface area contributed by atoms with E-state index in [-0.39, 0.29) is 5.69 Å². The van der Waals surface area contributed by atoms with Gasteiger partial charge in [-0.3, -0.25) is 4.79 Å². The van der Waals surface area contributed by atoms with Crippen molar-refractivity contribution in [1.82, 2.24) is 10.3 Å². The maximum Gasteiger partial charge on any atom is 0.267 e. The first-order valence-electron chi connectivity index (χ1n) is 5.84. The van der Waals surface area contributed by atoms with E-state index in [0.717, 1.165) is 25.9 Å². The molecule has 0 bridgehead atoms. The van der Waals surface area contributed by atoms with E-state index in [1.807, 2.05) is 0 Å². The average molecular weight is 237 g/mol. The van der Waals surface area contributed by atoms with Crippen molar-refractivity contribution >= 4 is 5.91 Å². The van der Waals surface area contributed by atoms with Gasteiger partial charge in [0.25, 0.3) is 5.91 Å². The van der Waals surface area contributed by atoms with Crippen molar-refractivity contribution in [3.05, 3.63) is 23.9 Å². The van der Waals surface area contributed by atoms with Gasteiger partial charge in [-0.25, -0.2) is 4.98 Å². The maximum atomic E-state index is 10.9. The Morgan fingerprint density at radius 3 is 3.00 bits per heavy atom. The van der Waals surface area contributed by atoms with Gasteiger partial charge in [0.05, 0.1) is 6.61 Å². The Hall–Kier alpha value is -1.62. The van der Waals surface area contributed by atoms with E-state index in [4.69, 9.17) is 10.5 Å². The summed E-state index contributed by atoms with van der Waals surface area (Å²) >= 11 is 0. The topological polar surface area (TPSA) is 77.2 Å². The number of nitrogens with two attached hydrogens (primary N) is 1. The summed E-state index contributed by atoms with van der Waals surface area (Å²) in [6, 6.07) is 4.99. The van der Waals surface area contributed by atoms with Crippen LogP contribution in [0.15, 0.2) is 18.2 Å². The van der Waals surface area contributed by atoms with Gasteiger partial charge in [-0.15, -0.1) is 0 Å². The maximum absolute atomic E-state index is 10.9. The number of hydrogen-bond acceptors (Lipinski definition) is 4. The number of hydrogen-bond donors (Lipinski definition) is 2. The van der Waals surface area contributed by atoms with E-state index in [0.29, 0.717) is 12.5 Å². The third-order valence-electron chi connectivity index (χ3n) is 2.15. The highest BCUT2D eigenvalue weighted by molar-refractivity contribution is 5.90. The van der Waals surface area contributed by atoms with Crippen LogP contribution in [0.2, 0.25) is 0 Å². The molecule has 1 amide bonds. The fourth-order valence-electron chi connectivity index (χ4n) is 1.31. The molecule has 5 nitrogen and oxygen atoms in total. The third-order valence-corrected chi connectivity index (χ3v) is 2.15. The third kappa shape index (κ3) is 5.31. The zero-order chi connectivity index (χ0) is 12.5. The lowest BCUT2D eigenvalue weighted by atomic mass is 10.3. The normalized spacial score (nSPS) is 10.2. The predicted octanol–water partition coefficient (Wildman–Crippen LogP) is 0.949. The number of amides is 1. The molecular weight excluding hydrogens is 218 g/mol. The molecular formula is C12H19N3O2. The molecule has 0 saturated carbocycles. The SMILES string of the molecule is CCCNCCCOc1cccc(C(N)=O)n1. The summed E-state index contributed by atoms with van der Waals surface area (Å²) in [5.74, 6) is -0.100. The summed E-state index contributed by atoms with van der Waals surface area (Å²) in [7, 11) is 0. The summed E-state index contributed by atoms with van der Waals surface area (Å²) in [6.07, 6.45) is 2.03. The Morgan fingerprint density at radius 2 is 2.29 bits per heavy atom. The number of aromatic nitrogens is 1. The Balaban J connectivity index is 2.27. The van der Waals surface area contributed by atoms with Crippen LogP contribution >= 0.6 is 0 Å². The highest BCUT2D eigenvalue weighted by Crippen LogP contribution is 2.07. The van der Waals surface area contributed by atoms with Gasteiger partial charge in [-0.05, 0) is 32.0 Å². The highest BCUT2D eigenvalue weighted by atomic mass is 16.5. The van der Waals surface area contributed by atoms with Gasteiger partial charge in [0.2, 0.25) is 5.88 Å². The van der Waals surface area contributed by atoms with E-state index < -0.39 is 5.91 Å². The van der Waals surface area contributed by atoms with Gasteiger partial charge >= 0.3 is 0 Å². The first-order chi connectivity index (χ1) is 8.24. The smallest absolute Gasteiger partial charge is 0.267 e. The van der Waals surface area contributed by atoms with Crippen molar-refractivity contribution < 1.29 is 9.53 Å². The number of carbonyl (C=O) groups excluding carboxylic acids is 1. The number of nitrogens with zero attached hydrogens (tertiary/aromatic N) is 1. The number of pyridine rings is 1. The molecule has 17 heavy (non-hydrogen) atoms. The first-order valence-corrected chi connectivity index (χ1v) is 5.84. The largest absolute Gasteiger partial charge is 0.478 e. The fourth-order valence-corrected chi connectivity index (χ4v) is 1.31. The molecule has 94 valence electrons. The molecule has 0 saturated heterocycles. The minimum atomic E-state index is -0.542. The van der Waals surface area contributed by atoms with Crippen LogP contribution in [0.25, 0.3) is 0 Å². The summed E-state index contributed by atoms with van der Waals surface area (Å²) in [6.45, 7) is 4.65. The van der Waals surface area contributed by atoms with Crippen LogP contribution < -0.4 is 15.8 Å². The van der Waals surface area contributed by atoms with Gasteiger partial charge in [-0.1, -0.05) is 13.0 Å². The van der Waals surface area contributed by atoms with E-state index in [1.54, 1.807) is 18.2 Å². The molecule has 1 aromatic heterocycles. The van der Waals surface area contributed by atoms with Gasteiger partial charge in [0.1, 0.15) is 5.69 Å². The number of nitrogens with one attached hydrogen (secondary N) is 1. The number of rotatable bonds is 8. The molecule has 0 aliphatic carbocycles. The van der Waals surface area contributed by atoms with Crippen LogP contribution in [-0.4, -0.2) is 30.6 Å². The predicted molar refractivity (Wildman–Crippen MR) is 66.0 cm³/mol. The minimum absolute atomic E-state index is 0.228. The van der Waals surface area contributed by atoms with Crippen LogP contribution in [0.1, 0.15) is 30.3 Å².